The number of hydrogen-bond donors (Lipinski definition) is 2. The second-order valence-corrected chi connectivity index (χ2v) is 3.08. The van der Waals surface area contributed by atoms with Crippen molar-refractivity contribution in [2.24, 2.45) is 5.92 Å². The third-order valence-electron chi connectivity index (χ3n) is 2.25. The molecule has 0 radical (unpaired) electrons. The van der Waals surface area contributed by atoms with Gasteiger partial charge in [-0.15, -0.1) is 0 Å². The molecule has 0 aromatic rings. The molecule has 4 heteroatoms. The Hall–Kier alpha value is -0.610. The predicted octanol–water partition coefficient (Wildman–Crippen LogP) is -0.643. The molecule has 1 rings (SSSR count). The second kappa shape index (κ2) is 4.42. The van der Waals surface area contributed by atoms with Crippen molar-refractivity contribution in [3.8, 4) is 0 Å². The molecule has 70 valence electrons. The summed E-state index contributed by atoms with van der Waals surface area (Å²) in [6.07, 6.45) is 0. The van der Waals surface area contributed by atoms with Gasteiger partial charge in [0, 0.05) is 25.7 Å². The van der Waals surface area contributed by atoms with E-state index in [1.807, 2.05) is 6.92 Å². The first kappa shape index (κ1) is 9.48. The van der Waals surface area contributed by atoms with E-state index in [1.165, 1.54) is 7.11 Å². The number of piperazine rings is 1. The molecule has 2 N–H and O–H groups in total. The van der Waals surface area contributed by atoms with E-state index in [1.54, 1.807) is 0 Å². The van der Waals surface area contributed by atoms with Crippen molar-refractivity contribution in [2.45, 2.75) is 13.0 Å². The molecule has 0 aliphatic carbocycles. The number of methoxy groups -OCH3 is 1. The maximum absolute atomic E-state index is 11.1. The van der Waals surface area contributed by atoms with Crippen LogP contribution in [0, 0.1) is 5.92 Å². The van der Waals surface area contributed by atoms with E-state index in [0.29, 0.717) is 0 Å². The third-order valence-corrected chi connectivity index (χ3v) is 2.25. The normalized spacial score (nSPS) is 26.3. The number of carbonyl (C=O) groups excluding carboxylic acids is 1. The minimum Gasteiger partial charge on any atom is -0.469 e. The summed E-state index contributed by atoms with van der Waals surface area (Å²) >= 11 is 0. The molecule has 4 nitrogen and oxygen atoms in total. The molecule has 1 fully saturated rings. The first-order valence-corrected chi connectivity index (χ1v) is 4.27. The molecular formula is C8H16N2O2. The van der Waals surface area contributed by atoms with E-state index >= 15 is 0 Å². The highest BCUT2D eigenvalue weighted by atomic mass is 16.5. The van der Waals surface area contributed by atoms with Crippen LogP contribution < -0.4 is 10.6 Å². The Labute approximate surface area is 72.7 Å². The van der Waals surface area contributed by atoms with Crippen LogP contribution in [-0.4, -0.2) is 38.8 Å². The maximum Gasteiger partial charge on any atom is 0.310 e. The van der Waals surface area contributed by atoms with Crippen molar-refractivity contribution in [2.75, 3.05) is 26.7 Å². The molecule has 12 heavy (non-hydrogen) atoms. The Morgan fingerprint density at radius 2 is 2.33 bits per heavy atom. The Morgan fingerprint density at radius 3 is 2.83 bits per heavy atom. The summed E-state index contributed by atoms with van der Waals surface area (Å²) in [5.74, 6) is -0.209. The molecule has 0 aromatic heterocycles. The smallest absolute Gasteiger partial charge is 0.310 e. The van der Waals surface area contributed by atoms with Crippen LogP contribution >= 0.6 is 0 Å². The van der Waals surface area contributed by atoms with Crippen LogP contribution in [0.4, 0.5) is 0 Å². The fraction of sp³-hybridized carbons (Fsp3) is 0.875. The van der Waals surface area contributed by atoms with Gasteiger partial charge in [0.05, 0.1) is 13.0 Å². The van der Waals surface area contributed by atoms with Crippen LogP contribution in [0.25, 0.3) is 0 Å². The van der Waals surface area contributed by atoms with Gasteiger partial charge in [0.15, 0.2) is 0 Å². The molecule has 0 amide bonds. The molecule has 0 spiro atoms. The van der Waals surface area contributed by atoms with Crippen molar-refractivity contribution < 1.29 is 9.53 Å². The molecule has 2 atom stereocenters. The van der Waals surface area contributed by atoms with Gasteiger partial charge in [-0.1, -0.05) is 6.92 Å². The van der Waals surface area contributed by atoms with Crippen molar-refractivity contribution in [1.29, 1.82) is 0 Å². The van der Waals surface area contributed by atoms with Gasteiger partial charge in [-0.25, -0.2) is 0 Å². The van der Waals surface area contributed by atoms with E-state index < -0.39 is 0 Å². The third kappa shape index (κ3) is 2.19. The van der Waals surface area contributed by atoms with Gasteiger partial charge in [-0.3, -0.25) is 4.79 Å². The van der Waals surface area contributed by atoms with Gasteiger partial charge in [-0.2, -0.15) is 0 Å². The minimum atomic E-state index is -0.142. The Balaban J connectivity index is 2.39. The van der Waals surface area contributed by atoms with Crippen LogP contribution in [-0.2, 0) is 9.53 Å². The zero-order valence-electron chi connectivity index (χ0n) is 7.59. The standard InChI is InChI=1S/C8H16N2O2/c1-6(8(11)12-2)7-5-9-3-4-10-7/h6-7,9-10H,3-5H2,1-2H3. The summed E-state index contributed by atoms with van der Waals surface area (Å²) in [7, 11) is 1.43. The first-order chi connectivity index (χ1) is 5.75. The fourth-order valence-electron chi connectivity index (χ4n) is 1.38. The van der Waals surface area contributed by atoms with Crippen LogP contribution in [0.15, 0.2) is 0 Å². The molecule has 1 aliphatic heterocycles. The number of carbonyl (C=O) groups is 1. The molecule has 1 saturated heterocycles. The van der Waals surface area contributed by atoms with E-state index in [0.717, 1.165) is 19.6 Å². The number of hydrogen-bond acceptors (Lipinski definition) is 4. The van der Waals surface area contributed by atoms with Crippen LogP contribution in [0.5, 0.6) is 0 Å². The van der Waals surface area contributed by atoms with E-state index in [-0.39, 0.29) is 17.9 Å². The lowest BCUT2D eigenvalue weighted by Gasteiger charge is -2.27. The van der Waals surface area contributed by atoms with E-state index in [4.69, 9.17) is 0 Å². The van der Waals surface area contributed by atoms with Crippen LogP contribution in [0.2, 0.25) is 0 Å². The quantitative estimate of drug-likeness (QED) is 0.544. The molecule has 0 bridgehead atoms. The molecule has 0 aromatic carbocycles. The Kier molecular flexibility index (Phi) is 3.49. The molecule has 1 aliphatic rings. The highest BCUT2D eigenvalue weighted by molar-refractivity contribution is 5.72. The number of nitrogens with one attached hydrogen (secondary N) is 2. The summed E-state index contributed by atoms with van der Waals surface area (Å²) in [5, 5.41) is 6.50. The largest absolute Gasteiger partial charge is 0.469 e. The lowest BCUT2D eigenvalue weighted by atomic mass is 10.0. The van der Waals surface area contributed by atoms with E-state index in [2.05, 4.69) is 15.4 Å². The second-order valence-electron chi connectivity index (χ2n) is 3.08. The molecule has 0 saturated carbocycles. The van der Waals surface area contributed by atoms with Crippen LogP contribution in [0.1, 0.15) is 6.92 Å². The topological polar surface area (TPSA) is 50.4 Å². The number of esters is 1. The zero-order chi connectivity index (χ0) is 8.97. The average Bonchev–Trinajstić information content (AvgIpc) is 2.17. The summed E-state index contributed by atoms with van der Waals surface area (Å²) in [6, 6.07) is 0.214. The lowest BCUT2D eigenvalue weighted by molar-refractivity contribution is -0.145. The summed E-state index contributed by atoms with van der Waals surface area (Å²) in [5.41, 5.74) is 0. The Bertz CT molecular complexity index is 155. The summed E-state index contributed by atoms with van der Waals surface area (Å²) in [6.45, 7) is 4.63. The van der Waals surface area contributed by atoms with Crippen molar-refractivity contribution in [3.63, 3.8) is 0 Å². The van der Waals surface area contributed by atoms with Gasteiger partial charge in [0.25, 0.3) is 0 Å². The van der Waals surface area contributed by atoms with Crippen molar-refractivity contribution >= 4 is 5.97 Å². The van der Waals surface area contributed by atoms with Crippen molar-refractivity contribution in [3.05, 3.63) is 0 Å². The SMILES string of the molecule is COC(=O)C(C)C1CNCCN1. The van der Waals surface area contributed by atoms with Gasteiger partial charge in [0.1, 0.15) is 0 Å². The highest BCUT2D eigenvalue weighted by Crippen LogP contribution is 2.05. The molecule has 2 unspecified atom stereocenters. The van der Waals surface area contributed by atoms with Gasteiger partial charge >= 0.3 is 5.97 Å². The monoisotopic (exact) mass is 172 g/mol. The maximum atomic E-state index is 11.1. The zero-order valence-corrected chi connectivity index (χ0v) is 7.59. The van der Waals surface area contributed by atoms with Gasteiger partial charge < -0.3 is 15.4 Å². The number of ether oxygens (including phenoxy) is 1. The predicted molar refractivity (Wildman–Crippen MR) is 45.8 cm³/mol. The summed E-state index contributed by atoms with van der Waals surface area (Å²) < 4.78 is 4.66. The van der Waals surface area contributed by atoms with Crippen LogP contribution in [0.3, 0.4) is 0 Å². The van der Waals surface area contributed by atoms with Gasteiger partial charge in [0.2, 0.25) is 0 Å². The average molecular weight is 172 g/mol. The molecule has 1 heterocycles. The van der Waals surface area contributed by atoms with Gasteiger partial charge in [-0.05, 0) is 0 Å². The fourth-order valence-corrected chi connectivity index (χ4v) is 1.38. The van der Waals surface area contributed by atoms with Crippen molar-refractivity contribution in [1.82, 2.24) is 10.6 Å². The Morgan fingerprint density at radius 1 is 1.58 bits per heavy atom. The van der Waals surface area contributed by atoms with E-state index in [9.17, 15) is 4.79 Å². The lowest BCUT2D eigenvalue weighted by Crippen LogP contribution is -2.53. The number of rotatable bonds is 2. The highest BCUT2D eigenvalue weighted by Gasteiger charge is 2.25. The summed E-state index contributed by atoms with van der Waals surface area (Å²) in [4.78, 5) is 11.1. The molecular weight excluding hydrogens is 156 g/mol. The minimum absolute atomic E-state index is 0.0669. The first-order valence-electron chi connectivity index (χ1n) is 4.27.